The maximum atomic E-state index is 4.58. The van der Waals surface area contributed by atoms with Crippen LogP contribution in [0.3, 0.4) is 0 Å². The summed E-state index contributed by atoms with van der Waals surface area (Å²) in [6.07, 6.45) is 1.03. The second kappa shape index (κ2) is 6.37. The van der Waals surface area contributed by atoms with Crippen LogP contribution in [0.2, 0.25) is 0 Å². The SMILES string of the molecule is CCNC(Cc1ccsc1)c1ccc2nc(C)ccc2c1. The van der Waals surface area contributed by atoms with Gasteiger partial charge in [0.2, 0.25) is 0 Å². The number of thiophene rings is 1. The Balaban J connectivity index is 1.92. The van der Waals surface area contributed by atoms with E-state index in [0.29, 0.717) is 6.04 Å². The van der Waals surface area contributed by atoms with Crippen LogP contribution in [0.4, 0.5) is 0 Å². The van der Waals surface area contributed by atoms with E-state index in [9.17, 15) is 0 Å². The molecule has 0 radical (unpaired) electrons. The first-order valence-corrected chi connectivity index (χ1v) is 8.32. The summed E-state index contributed by atoms with van der Waals surface area (Å²) in [5.74, 6) is 0. The van der Waals surface area contributed by atoms with Crippen molar-refractivity contribution >= 4 is 22.2 Å². The number of benzene rings is 1. The summed E-state index contributed by atoms with van der Waals surface area (Å²) >= 11 is 1.76. The number of hydrogen-bond donors (Lipinski definition) is 1. The van der Waals surface area contributed by atoms with Crippen molar-refractivity contribution in [2.75, 3.05) is 6.54 Å². The van der Waals surface area contributed by atoms with Gasteiger partial charge in [-0.05, 0) is 66.0 Å². The van der Waals surface area contributed by atoms with Crippen LogP contribution in [0.25, 0.3) is 10.9 Å². The lowest BCUT2D eigenvalue weighted by Crippen LogP contribution is -2.22. The Hall–Kier alpha value is -1.71. The molecule has 3 heteroatoms. The van der Waals surface area contributed by atoms with Gasteiger partial charge in [0.15, 0.2) is 0 Å². The number of fused-ring (bicyclic) bond motifs is 1. The molecule has 2 nitrogen and oxygen atoms in total. The Kier molecular flexibility index (Phi) is 4.32. The molecule has 21 heavy (non-hydrogen) atoms. The van der Waals surface area contributed by atoms with Crippen LogP contribution < -0.4 is 5.32 Å². The highest BCUT2D eigenvalue weighted by molar-refractivity contribution is 7.07. The van der Waals surface area contributed by atoms with Crippen LogP contribution in [0, 0.1) is 6.92 Å². The van der Waals surface area contributed by atoms with Gasteiger partial charge in [-0.3, -0.25) is 4.98 Å². The van der Waals surface area contributed by atoms with Gasteiger partial charge in [0.25, 0.3) is 0 Å². The van der Waals surface area contributed by atoms with Gasteiger partial charge in [0, 0.05) is 17.1 Å². The molecule has 0 fully saturated rings. The molecule has 0 aliphatic carbocycles. The van der Waals surface area contributed by atoms with E-state index in [-0.39, 0.29) is 0 Å². The van der Waals surface area contributed by atoms with Crippen molar-refractivity contribution in [3.05, 3.63) is 64.0 Å². The lowest BCUT2D eigenvalue weighted by molar-refractivity contribution is 0.551. The molecule has 0 saturated carbocycles. The second-order valence-electron chi connectivity index (χ2n) is 5.35. The molecule has 0 aliphatic rings. The minimum atomic E-state index is 0.357. The minimum absolute atomic E-state index is 0.357. The number of rotatable bonds is 5. The van der Waals surface area contributed by atoms with Crippen LogP contribution in [0.15, 0.2) is 47.2 Å². The Bertz CT molecular complexity index is 719. The molecule has 1 N–H and O–H groups in total. The van der Waals surface area contributed by atoms with Crippen molar-refractivity contribution in [2.24, 2.45) is 0 Å². The molecule has 0 bridgehead atoms. The highest BCUT2D eigenvalue weighted by atomic mass is 32.1. The highest BCUT2D eigenvalue weighted by Gasteiger charge is 2.12. The van der Waals surface area contributed by atoms with Crippen LogP contribution in [0.1, 0.15) is 29.8 Å². The molecule has 2 aromatic heterocycles. The summed E-state index contributed by atoms with van der Waals surface area (Å²) in [6.45, 7) is 5.16. The van der Waals surface area contributed by atoms with E-state index in [0.717, 1.165) is 24.2 Å². The van der Waals surface area contributed by atoms with E-state index >= 15 is 0 Å². The predicted octanol–water partition coefficient (Wildman–Crippen LogP) is 4.50. The number of aryl methyl sites for hydroxylation is 1. The topological polar surface area (TPSA) is 24.9 Å². The standard InChI is InChI=1S/C18H20N2S/c1-3-19-18(10-14-8-9-21-12-14)16-6-7-17-15(11-16)5-4-13(2)20-17/h4-9,11-12,18-19H,3,10H2,1-2H3. The molecule has 3 rings (SSSR count). The van der Waals surface area contributed by atoms with Crippen molar-refractivity contribution < 1.29 is 0 Å². The summed E-state index contributed by atoms with van der Waals surface area (Å²) in [7, 11) is 0. The zero-order valence-corrected chi connectivity index (χ0v) is 13.3. The van der Waals surface area contributed by atoms with Gasteiger partial charge in [-0.15, -0.1) is 0 Å². The van der Waals surface area contributed by atoms with E-state index in [4.69, 9.17) is 0 Å². The van der Waals surface area contributed by atoms with Gasteiger partial charge in [-0.2, -0.15) is 11.3 Å². The van der Waals surface area contributed by atoms with E-state index in [1.807, 2.05) is 6.92 Å². The maximum Gasteiger partial charge on any atom is 0.0705 e. The number of nitrogens with one attached hydrogen (secondary N) is 1. The van der Waals surface area contributed by atoms with Gasteiger partial charge in [-0.1, -0.05) is 19.1 Å². The summed E-state index contributed by atoms with van der Waals surface area (Å²) in [5, 5.41) is 9.19. The lowest BCUT2D eigenvalue weighted by atomic mass is 9.98. The molecule has 0 saturated heterocycles. The third kappa shape index (κ3) is 3.31. The molecule has 1 aromatic carbocycles. The molecule has 0 spiro atoms. The third-order valence-corrected chi connectivity index (χ3v) is 4.46. The molecule has 2 heterocycles. The fourth-order valence-electron chi connectivity index (χ4n) is 2.66. The number of likely N-dealkylation sites (N-methyl/N-ethyl adjacent to an activating group) is 1. The maximum absolute atomic E-state index is 4.58. The van der Waals surface area contributed by atoms with Crippen molar-refractivity contribution in [1.29, 1.82) is 0 Å². The first-order chi connectivity index (χ1) is 10.3. The van der Waals surface area contributed by atoms with E-state index in [1.165, 1.54) is 16.5 Å². The predicted molar refractivity (Wildman–Crippen MR) is 90.9 cm³/mol. The first-order valence-electron chi connectivity index (χ1n) is 7.38. The van der Waals surface area contributed by atoms with Crippen molar-refractivity contribution in [3.63, 3.8) is 0 Å². The van der Waals surface area contributed by atoms with Crippen LogP contribution in [-0.2, 0) is 6.42 Å². The number of pyridine rings is 1. The Morgan fingerprint density at radius 1 is 1.19 bits per heavy atom. The van der Waals surface area contributed by atoms with Crippen molar-refractivity contribution in [1.82, 2.24) is 10.3 Å². The number of aromatic nitrogens is 1. The highest BCUT2D eigenvalue weighted by Crippen LogP contribution is 2.23. The van der Waals surface area contributed by atoms with E-state index in [1.54, 1.807) is 11.3 Å². The fourth-order valence-corrected chi connectivity index (χ4v) is 3.34. The molecule has 0 aliphatic heterocycles. The largest absolute Gasteiger partial charge is 0.310 e. The number of hydrogen-bond acceptors (Lipinski definition) is 3. The molecule has 0 amide bonds. The Morgan fingerprint density at radius 2 is 2.10 bits per heavy atom. The monoisotopic (exact) mass is 296 g/mol. The van der Waals surface area contributed by atoms with Gasteiger partial charge >= 0.3 is 0 Å². The van der Waals surface area contributed by atoms with Crippen LogP contribution in [-0.4, -0.2) is 11.5 Å². The summed E-state index contributed by atoms with van der Waals surface area (Å²) in [5.41, 5.74) is 4.87. The average molecular weight is 296 g/mol. The normalized spacial score (nSPS) is 12.7. The number of nitrogens with zero attached hydrogens (tertiary/aromatic N) is 1. The summed E-state index contributed by atoms with van der Waals surface area (Å²) in [6, 6.07) is 13.4. The second-order valence-corrected chi connectivity index (χ2v) is 6.13. The minimum Gasteiger partial charge on any atom is -0.310 e. The van der Waals surface area contributed by atoms with Gasteiger partial charge in [-0.25, -0.2) is 0 Å². The first kappa shape index (κ1) is 14.2. The zero-order chi connectivity index (χ0) is 14.7. The van der Waals surface area contributed by atoms with Crippen molar-refractivity contribution in [3.8, 4) is 0 Å². The Morgan fingerprint density at radius 3 is 2.86 bits per heavy atom. The molecule has 1 unspecified atom stereocenters. The van der Waals surface area contributed by atoms with Gasteiger partial charge in [0.05, 0.1) is 5.52 Å². The molecular formula is C18H20N2S. The smallest absolute Gasteiger partial charge is 0.0705 e. The van der Waals surface area contributed by atoms with Crippen LogP contribution in [0.5, 0.6) is 0 Å². The summed E-state index contributed by atoms with van der Waals surface area (Å²) < 4.78 is 0. The van der Waals surface area contributed by atoms with Crippen molar-refractivity contribution in [2.45, 2.75) is 26.3 Å². The Labute approximate surface area is 129 Å². The quantitative estimate of drug-likeness (QED) is 0.750. The average Bonchev–Trinajstić information content (AvgIpc) is 2.99. The van der Waals surface area contributed by atoms with Gasteiger partial charge in [0.1, 0.15) is 0 Å². The van der Waals surface area contributed by atoms with E-state index in [2.05, 4.69) is 64.4 Å². The summed E-state index contributed by atoms with van der Waals surface area (Å²) in [4.78, 5) is 4.58. The third-order valence-electron chi connectivity index (χ3n) is 3.73. The molecule has 1 atom stereocenters. The lowest BCUT2D eigenvalue weighted by Gasteiger charge is -2.18. The van der Waals surface area contributed by atoms with Gasteiger partial charge < -0.3 is 5.32 Å². The van der Waals surface area contributed by atoms with Crippen LogP contribution >= 0.6 is 11.3 Å². The molecule has 108 valence electrons. The van der Waals surface area contributed by atoms with E-state index < -0.39 is 0 Å². The molecule has 3 aromatic rings. The molecular weight excluding hydrogens is 276 g/mol. The fraction of sp³-hybridized carbons (Fsp3) is 0.278. The zero-order valence-electron chi connectivity index (χ0n) is 12.5.